The maximum Gasteiger partial charge on any atom is 0.316 e. The van der Waals surface area contributed by atoms with Crippen molar-refractivity contribution in [1.29, 1.82) is 0 Å². The van der Waals surface area contributed by atoms with Crippen LogP contribution in [0.4, 0.5) is 5.69 Å². The Morgan fingerprint density at radius 1 is 1.32 bits per heavy atom. The van der Waals surface area contributed by atoms with E-state index in [0.717, 1.165) is 5.75 Å². The first-order valence-corrected chi connectivity index (χ1v) is 9.51. The molecule has 2 heterocycles. The molecule has 0 spiro atoms. The zero-order valence-electron chi connectivity index (χ0n) is 13.2. The Labute approximate surface area is 152 Å². The normalized spacial score (nSPS) is 12.7. The number of thioether (sulfide) groups is 1. The zero-order chi connectivity index (χ0) is 17.6. The molecule has 1 N–H and O–H groups in total. The number of nitrogens with one attached hydrogen (secondary N) is 1. The van der Waals surface area contributed by atoms with Gasteiger partial charge >= 0.3 is 5.97 Å². The molecule has 1 aromatic carbocycles. The smallest absolute Gasteiger partial charge is 0.316 e. The summed E-state index contributed by atoms with van der Waals surface area (Å²) < 4.78 is 10.3. The number of hydrogen-bond acceptors (Lipinski definition) is 7. The minimum absolute atomic E-state index is 0.0406. The molecule has 1 aliphatic rings. The molecule has 0 bridgehead atoms. The Bertz CT molecular complexity index is 788. The molecule has 3 rings (SSSR count). The number of thiophene rings is 1. The second-order valence-corrected chi connectivity index (χ2v) is 7.22. The summed E-state index contributed by atoms with van der Waals surface area (Å²) in [7, 11) is 0. The summed E-state index contributed by atoms with van der Waals surface area (Å²) in [5.41, 5.74) is 0.795. The van der Waals surface area contributed by atoms with E-state index in [1.807, 2.05) is 17.5 Å². The van der Waals surface area contributed by atoms with Crippen molar-refractivity contribution >= 4 is 46.4 Å². The van der Waals surface area contributed by atoms with Crippen LogP contribution in [-0.4, -0.2) is 36.6 Å². The zero-order valence-corrected chi connectivity index (χ0v) is 14.8. The molecule has 0 unspecified atom stereocenters. The van der Waals surface area contributed by atoms with Gasteiger partial charge in [-0.15, -0.1) is 23.1 Å². The summed E-state index contributed by atoms with van der Waals surface area (Å²) in [4.78, 5) is 36.4. The van der Waals surface area contributed by atoms with Crippen molar-refractivity contribution in [2.75, 3.05) is 24.3 Å². The van der Waals surface area contributed by atoms with E-state index in [0.29, 0.717) is 17.0 Å². The largest absolute Gasteiger partial charge is 0.482 e. The first kappa shape index (κ1) is 17.5. The van der Waals surface area contributed by atoms with E-state index in [2.05, 4.69) is 5.32 Å². The number of rotatable bonds is 7. The third-order valence-electron chi connectivity index (χ3n) is 3.34. The SMILES string of the molecule is O=C1COc2ccc(C(=O)COC(=O)CSCc3cccs3)cc2N1. The summed E-state index contributed by atoms with van der Waals surface area (Å²) in [5, 5.41) is 4.62. The quantitative estimate of drug-likeness (QED) is 0.590. The monoisotopic (exact) mass is 377 g/mol. The van der Waals surface area contributed by atoms with Crippen molar-refractivity contribution in [3.63, 3.8) is 0 Å². The van der Waals surface area contributed by atoms with E-state index in [-0.39, 0.29) is 30.7 Å². The van der Waals surface area contributed by atoms with Gasteiger partial charge in [-0.2, -0.15) is 0 Å². The summed E-state index contributed by atoms with van der Waals surface area (Å²) >= 11 is 3.08. The first-order valence-electron chi connectivity index (χ1n) is 7.47. The van der Waals surface area contributed by atoms with Gasteiger partial charge in [0.05, 0.1) is 11.4 Å². The van der Waals surface area contributed by atoms with Crippen LogP contribution in [0.25, 0.3) is 0 Å². The Balaban J connectivity index is 1.46. The van der Waals surface area contributed by atoms with Crippen molar-refractivity contribution in [3.8, 4) is 5.75 Å². The van der Waals surface area contributed by atoms with Gasteiger partial charge in [-0.1, -0.05) is 6.07 Å². The lowest BCUT2D eigenvalue weighted by Crippen LogP contribution is -2.25. The molecule has 0 atom stereocenters. The van der Waals surface area contributed by atoms with Crippen LogP contribution in [0.3, 0.4) is 0 Å². The van der Waals surface area contributed by atoms with E-state index < -0.39 is 5.97 Å². The van der Waals surface area contributed by atoms with Gasteiger partial charge in [-0.25, -0.2) is 0 Å². The number of ketones is 1. The predicted octanol–water partition coefficient (Wildman–Crippen LogP) is 2.74. The van der Waals surface area contributed by atoms with Gasteiger partial charge in [0.2, 0.25) is 0 Å². The topological polar surface area (TPSA) is 81.7 Å². The molecule has 8 heteroatoms. The highest BCUT2D eigenvalue weighted by molar-refractivity contribution is 7.99. The predicted molar refractivity (Wildman–Crippen MR) is 96.3 cm³/mol. The Morgan fingerprint density at radius 2 is 2.20 bits per heavy atom. The Morgan fingerprint density at radius 3 is 3.00 bits per heavy atom. The lowest BCUT2D eigenvalue weighted by Gasteiger charge is -2.18. The summed E-state index contributed by atoms with van der Waals surface area (Å²) in [6, 6.07) is 8.68. The number of anilines is 1. The van der Waals surface area contributed by atoms with Crippen LogP contribution in [0.5, 0.6) is 5.75 Å². The molecule has 0 radical (unpaired) electrons. The van der Waals surface area contributed by atoms with Gasteiger partial charge < -0.3 is 14.8 Å². The van der Waals surface area contributed by atoms with Gasteiger partial charge in [-0.05, 0) is 29.6 Å². The number of carbonyl (C=O) groups excluding carboxylic acids is 3. The Hall–Kier alpha value is -2.32. The molecule has 1 amide bonds. The minimum Gasteiger partial charge on any atom is -0.482 e. The van der Waals surface area contributed by atoms with Crippen LogP contribution in [0.15, 0.2) is 35.7 Å². The van der Waals surface area contributed by atoms with E-state index >= 15 is 0 Å². The van der Waals surface area contributed by atoms with E-state index in [4.69, 9.17) is 9.47 Å². The fourth-order valence-corrected chi connectivity index (χ4v) is 3.82. The minimum atomic E-state index is -0.426. The third-order valence-corrected chi connectivity index (χ3v) is 5.36. The molecule has 0 fully saturated rings. The van der Waals surface area contributed by atoms with E-state index in [9.17, 15) is 14.4 Å². The molecule has 2 aromatic rings. The van der Waals surface area contributed by atoms with E-state index in [1.165, 1.54) is 22.7 Å². The van der Waals surface area contributed by atoms with Gasteiger partial charge in [0, 0.05) is 16.2 Å². The van der Waals surface area contributed by atoms with Crippen LogP contribution in [0, 0.1) is 0 Å². The molecule has 0 aliphatic carbocycles. The summed E-state index contributed by atoms with van der Waals surface area (Å²) in [5.74, 6) is 0.415. The highest BCUT2D eigenvalue weighted by Gasteiger charge is 2.18. The fourth-order valence-electron chi connectivity index (χ4n) is 2.16. The third kappa shape index (κ3) is 4.83. The summed E-state index contributed by atoms with van der Waals surface area (Å²) in [6.07, 6.45) is 0. The molecular weight excluding hydrogens is 362 g/mol. The van der Waals surface area contributed by atoms with Gasteiger partial charge in [0.15, 0.2) is 19.0 Å². The molecular formula is C17H15NO5S2. The summed E-state index contributed by atoms with van der Waals surface area (Å²) in [6.45, 7) is -0.368. The van der Waals surface area contributed by atoms with Gasteiger partial charge in [0.1, 0.15) is 5.75 Å². The van der Waals surface area contributed by atoms with Crippen LogP contribution in [-0.2, 0) is 20.1 Å². The number of fused-ring (bicyclic) bond motifs is 1. The van der Waals surface area contributed by atoms with Crippen molar-refractivity contribution in [2.24, 2.45) is 0 Å². The van der Waals surface area contributed by atoms with Gasteiger partial charge in [0.25, 0.3) is 5.91 Å². The average molecular weight is 377 g/mol. The molecule has 130 valence electrons. The van der Waals surface area contributed by atoms with Crippen molar-refractivity contribution in [3.05, 3.63) is 46.2 Å². The number of amides is 1. The number of ether oxygens (including phenoxy) is 2. The lowest BCUT2D eigenvalue weighted by molar-refractivity contribution is -0.139. The number of esters is 1. The van der Waals surface area contributed by atoms with Crippen LogP contribution in [0.2, 0.25) is 0 Å². The maximum atomic E-state index is 12.1. The average Bonchev–Trinajstić information content (AvgIpc) is 3.12. The van der Waals surface area contributed by atoms with Crippen LogP contribution in [0.1, 0.15) is 15.2 Å². The highest BCUT2D eigenvalue weighted by Crippen LogP contribution is 2.28. The number of hydrogen-bond donors (Lipinski definition) is 1. The maximum absolute atomic E-state index is 12.1. The Kier molecular flexibility index (Phi) is 5.72. The highest BCUT2D eigenvalue weighted by atomic mass is 32.2. The fraction of sp³-hybridized carbons (Fsp3) is 0.235. The lowest BCUT2D eigenvalue weighted by atomic mass is 10.1. The molecule has 0 saturated carbocycles. The van der Waals surface area contributed by atoms with Crippen molar-refractivity contribution in [2.45, 2.75) is 5.75 Å². The van der Waals surface area contributed by atoms with E-state index in [1.54, 1.807) is 23.5 Å². The van der Waals surface area contributed by atoms with Crippen molar-refractivity contribution < 1.29 is 23.9 Å². The number of Topliss-reactive ketones (excluding diaryl/α,β-unsaturated/α-hetero) is 1. The van der Waals surface area contributed by atoms with Crippen LogP contribution < -0.4 is 10.1 Å². The second-order valence-electron chi connectivity index (χ2n) is 5.20. The first-order chi connectivity index (χ1) is 12.1. The molecule has 6 nitrogen and oxygen atoms in total. The second kappa shape index (κ2) is 8.17. The molecule has 1 aromatic heterocycles. The van der Waals surface area contributed by atoms with Crippen LogP contribution >= 0.6 is 23.1 Å². The molecule has 25 heavy (non-hydrogen) atoms. The number of benzene rings is 1. The number of carbonyl (C=O) groups is 3. The standard InChI is InChI=1S/C17H15NO5S2/c19-14(7-23-17(21)10-24-9-12-2-1-5-25-12)11-3-4-15-13(6-11)18-16(20)8-22-15/h1-6H,7-10H2,(H,18,20). The molecule has 1 aliphatic heterocycles. The van der Waals surface area contributed by atoms with Gasteiger partial charge in [-0.3, -0.25) is 14.4 Å². The van der Waals surface area contributed by atoms with Crippen molar-refractivity contribution in [1.82, 2.24) is 0 Å². The molecule has 0 saturated heterocycles.